The van der Waals surface area contributed by atoms with Crippen LogP contribution in [0, 0.1) is 5.82 Å². The van der Waals surface area contributed by atoms with E-state index in [1.165, 1.54) is 38.3 Å². The predicted octanol–water partition coefficient (Wildman–Crippen LogP) is 4.48. The van der Waals surface area contributed by atoms with Crippen LogP contribution >= 0.6 is 11.6 Å². The largest absolute Gasteiger partial charge is 0.494 e. The van der Waals surface area contributed by atoms with Crippen LogP contribution < -0.4 is 26.3 Å². The molecule has 2 aliphatic rings. The standard InChI is InChI=1S/C29H26ClF4N5O4/c1-27(26(36)41)12-43-24-16(27)10-20(38-23(24)13-4-5-17(30)18(31)7-13)28(2,29(32,33)34)11-37-25(40)15-6-14-9-21(35)39-22(14)19(8-15)42-3/h4-8,10H,9,11-12H2,1-3H3,(H2,35,39)(H2,36,41)(H,37,40)/t27-,28?/m0/s1. The van der Waals surface area contributed by atoms with E-state index in [2.05, 4.69) is 15.3 Å². The fraction of sp³-hybridized carbons (Fsp3) is 0.310. The predicted molar refractivity (Wildman–Crippen MR) is 150 cm³/mol. The number of hydrogen-bond acceptors (Lipinski definition) is 7. The zero-order chi connectivity index (χ0) is 31.5. The first-order chi connectivity index (χ1) is 20.1. The van der Waals surface area contributed by atoms with E-state index in [0.717, 1.165) is 19.1 Å². The van der Waals surface area contributed by atoms with Gasteiger partial charge in [0.05, 0.1) is 17.8 Å². The van der Waals surface area contributed by atoms with Crippen molar-refractivity contribution in [3.63, 3.8) is 0 Å². The third-order valence-corrected chi connectivity index (χ3v) is 8.17. The molecular formula is C29H26ClF4N5O4. The number of rotatable bonds is 7. The Hall–Kier alpha value is -4.39. The molecule has 2 aliphatic heterocycles. The van der Waals surface area contributed by atoms with E-state index in [0.29, 0.717) is 17.1 Å². The van der Waals surface area contributed by atoms with E-state index in [1.54, 1.807) is 0 Å². The zero-order valence-corrected chi connectivity index (χ0v) is 23.9. The van der Waals surface area contributed by atoms with Crippen molar-refractivity contribution in [1.82, 2.24) is 10.3 Å². The van der Waals surface area contributed by atoms with E-state index < -0.39 is 46.9 Å². The Morgan fingerprint density at radius 1 is 1.21 bits per heavy atom. The summed E-state index contributed by atoms with van der Waals surface area (Å²) in [7, 11) is 1.37. The Morgan fingerprint density at radius 3 is 2.56 bits per heavy atom. The van der Waals surface area contributed by atoms with Crippen LogP contribution in [-0.4, -0.2) is 49.1 Å². The van der Waals surface area contributed by atoms with Gasteiger partial charge in [-0.25, -0.2) is 14.4 Å². The molecule has 43 heavy (non-hydrogen) atoms. The molecule has 9 nitrogen and oxygen atoms in total. The number of ether oxygens (including phenoxy) is 2. The smallest absolute Gasteiger partial charge is 0.401 e. The summed E-state index contributed by atoms with van der Waals surface area (Å²) in [6.07, 6.45) is -4.70. The van der Waals surface area contributed by atoms with Gasteiger partial charge in [0.25, 0.3) is 5.91 Å². The quantitative estimate of drug-likeness (QED) is 0.333. The number of aromatic nitrogens is 1. The fourth-order valence-corrected chi connectivity index (χ4v) is 5.11. The molecule has 0 saturated carbocycles. The summed E-state index contributed by atoms with van der Waals surface area (Å²) in [6, 6.07) is 7.53. The average Bonchev–Trinajstić information content (AvgIpc) is 3.51. The van der Waals surface area contributed by atoms with Gasteiger partial charge in [0.15, 0.2) is 0 Å². The van der Waals surface area contributed by atoms with Crippen LogP contribution in [0.5, 0.6) is 11.5 Å². The topological polar surface area (TPSA) is 142 Å². The molecule has 1 aromatic heterocycles. The number of amidine groups is 1. The lowest BCUT2D eigenvalue weighted by atomic mass is 9.79. The molecule has 226 valence electrons. The minimum absolute atomic E-state index is 0.00735. The number of nitrogens with zero attached hydrogens (tertiary/aromatic N) is 2. The van der Waals surface area contributed by atoms with Gasteiger partial charge in [-0.15, -0.1) is 0 Å². The molecule has 2 amide bonds. The summed E-state index contributed by atoms with van der Waals surface area (Å²) in [4.78, 5) is 34.1. The number of methoxy groups -OCH3 is 1. The fourth-order valence-electron chi connectivity index (χ4n) is 5.00. The van der Waals surface area contributed by atoms with Crippen molar-refractivity contribution in [2.24, 2.45) is 16.5 Å². The molecule has 3 heterocycles. The molecule has 0 fully saturated rings. The molecule has 0 bridgehead atoms. The molecule has 0 radical (unpaired) electrons. The molecule has 5 N–H and O–H groups in total. The second-order valence-electron chi connectivity index (χ2n) is 10.8. The Labute approximate surface area is 248 Å². The van der Waals surface area contributed by atoms with Gasteiger partial charge >= 0.3 is 6.18 Å². The van der Waals surface area contributed by atoms with Crippen LogP contribution in [0.3, 0.4) is 0 Å². The van der Waals surface area contributed by atoms with Crippen molar-refractivity contribution in [3.8, 4) is 22.8 Å². The Balaban J connectivity index is 1.59. The molecule has 0 spiro atoms. The van der Waals surface area contributed by atoms with Gasteiger partial charge in [0.2, 0.25) is 5.91 Å². The lowest BCUT2D eigenvalue weighted by molar-refractivity contribution is -0.184. The van der Waals surface area contributed by atoms with Gasteiger partial charge in [-0.1, -0.05) is 17.7 Å². The van der Waals surface area contributed by atoms with Gasteiger partial charge in [0, 0.05) is 29.7 Å². The van der Waals surface area contributed by atoms with Crippen molar-refractivity contribution in [1.29, 1.82) is 0 Å². The number of nitrogens with two attached hydrogens (primary N) is 2. The number of alkyl halides is 3. The van der Waals surface area contributed by atoms with Crippen LogP contribution in [0.1, 0.15) is 41.0 Å². The zero-order valence-electron chi connectivity index (χ0n) is 23.2. The summed E-state index contributed by atoms with van der Waals surface area (Å²) in [5.41, 5.74) is 7.66. The van der Waals surface area contributed by atoms with Crippen LogP contribution in [-0.2, 0) is 22.0 Å². The molecule has 3 aromatic rings. The van der Waals surface area contributed by atoms with Crippen LogP contribution in [0.4, 0.5) is 23.2 Å². The summed E-state index contributed by atoms with van der Waals surface area (Å²) in [6.45, 7) is 1.09. The monoisotopic (exact) mass is 619 g/mol. The summed E-state index contributed by atoms with van der Waals surface area (Å²) in [5, 5.41) is 2.15. The van der Waals surface area contributed by atoms with Gasteiger partial charge < -0.3 is 26.3 Å². The Morgan fingerprint density at radius 2 is 1.93 bits per heavy atom. The third-order valence-electron chi connectivity index (χ3n) is 7.87. The minimum atomic E-state index is -4.95. The van der Waals surface area contributed by atoms with Crippen molar-refractivity contribution in [2.75, 3.05) is 20.3 Å². The average molecular weight is 620 g/mol. The van der Waals surface area contributed by atoms with Crippen LogP contribution in [0.15, 0.2) is 41.4 Å². The number of halogens is 5. The maximum Gasteiger partial charge on any atom is 0.401 e. The first-order valence-corrected chi connectivity index (χ1v) is 13.3. The molecule has 2 atom stereocenters. The number of benzene rings is 2. The molecule has 2 aromatic carbocycles. The van der Waals surface area contributed by atoms with Gasteiger partial charge in [-0.05, 0) is 49.7 Å². The normalized spacial score (nSPS) is 18.7. The highest BCUT2D eigenvalue weighted by Crippen LogP contribution is 2.48. The number of pyridine rings is 1. The number of primary amides is 1. The summed E-state index contributed by atoms with van der Waals surface area (Å²) < 4.78 is 70.1. The number of amides is 2. The van der Waals surface area contributed by atoms with E-state index in [4.69, 9.17) is 32.5 Å². The van der Waals surface area contributed by atoms with Crippen LogP contribution in [0.2, 0.25) is 5.02 Å². The lowest BCUT2D eigenvalue weighted by Crippen LogP contribution is -2.49. The molecule has 0 saturated heterocycles. The maximum atomic E-state index is 14.9. The first-order valence-electron chi connectivity index (χ1n) is 12.9. The molecule has 14 heteroatoms. The highest BCUT2D eigenvalue weighted by Gasteiger charge is 2.55. The molecule has 1 unspecified atom stereocenters. The highest BCUT2D eigenvalue weighted by atomic mass is 35.5. The van der Waals surface area contributed by atoms with E-state index in [-0.39, 0.29) is 51.9 Å². The van der Waals surface area contributed by atoms with E-state index >= 15 is 0 Å². The van der Waals surface area contributed by atoms with E-state index in [1.807, 2.05) is 0 Å². The number of nitrogens with one attached hydrogen (secondary N) is 1. The summed E-state index contributed by atoms with van der Waals surface area (Å²) in [5.74, 6) is -1.94. The second-order valence-corrected chi connectivity index (χ2v) is 11.2. The van der Waals surface area contributed by atoms with Crippen molar-refractivity contribution >= 4 is 34.9 Å². The molecule has 0 aliphatic carbocycles. The number of carbonyl (C=O) groups is 2. The number of hydrogen-bond donors (Lipinski definition) is 3. The van der Waals surface area contributed by atoms with Gasteiger partial charge in [-0.2, -0.15) is 13.2 Å². The van der Waals surface area contributed by atoms with Crippen molar-refractivity contribution in [2.45, 2.75) is 37.3 Å². The lowest BCUT2D eigenvalue weighted by Gasteiger charge is -2.33. The second kappa shape index (κ2) is 10.4. The molecular weight excluding hydrogens is 594 g/mol. The summed E-state index contributed by atoms with van der Waals surface area (Å²) >= 11 is 5.82. The highest BCUT2D eigenvalue weighted by molar-refractivity contribution is 6.30. The van der Waals surface area contributed by atoms with Crippen molar-refractivity contribution in [3.05, 3.63) is 69.6 Å². The third kappa shape index (κ3) is 5.01. The van der Waals surface area contributed by atoms with Gasteiger partial charge in [0.1, 0.15) is 52.0 Å². The maximum absolute atomic E-state index is 14.9. The molecule has 5 rings (SSSR count). The van der Waals surface area contributed by atoms with Crippen molar-refractivity contribution < 1.29 is 36.6 Å². The number of fused-ring (bicyclic) bond motifs is 2. The number of carbonyl (C=O) groups excluding carboxylic acids is 2. The Kier molecular flexibility index (Phi) is 7.28. The van der Waals surface area contributed by atoms with Gasteiger partial charge in [-0.3, -0.25) is 9.59 Å². The SMILES string of the molecule is COc1cc(C(=O)NCC(C)(c2cc3c(c(-c4ccc(Cl)c(F)c4)n2)OC[C@]3(C)C(N)=O)C(F)(F)F)cc2c1N=C(N)C2. The minimum Gasteiger partial charge on any atom is -0.494 e. The Bertz CT molecular complexity index is 1710. The first kappa shape index (κ1) is 30.1. The van der Waals surface area contributed by atoms with E-state index in [9.17, 15) is 27.2 Å². The number of aliphatic imine (C=N–C) groups is 1. The van der Waals surface area contributed by atoms with Crippen LogP contribution in [0.25, 0.3) is 11.3 Å².